The van der Waals surface area contributed by atoms with Crippen LogP contribution in [0, 0.1) is 0 Å². The molecule has 4 heteroatoms. The van der Waals surface area contributed by atoms with Gasteiger partial charge in [0.1, 0.15) is 6.54 Å². The Bertz CT molecular complexity index is 208. The predicted octanol–water partition coefficient (Wildman–Crippen LogP) is 1.12. The van der Waals surface area contributed by atoms with Gasteiger partial charge in [0, 0.05) is 0 Å². The highest BCUT2D eigenvalue weighted by Gasteiger charge is 1.97. The van der Waals surface area contributed by atoms with E-state index in [0.29, 0.717) is 0 Å². The van der Waals surface area contributed by atoms with Crippen molar-refractivity contribution >= 4 is 22.3 Å². The van der Waals surface area contributed by atoms with Crippen molar-refractivity contribution < 1.29 is 9.90 Å². The number of carbonyl (C=O) groups is 1. The number of hydrogen-bond donors (Lipinski definition) is 1. The van der Waals surface area contributed by atoms with E-state index < -0.39 is 5.97 Å². The molecule has 0 aromatic carbocycles. The largest absolute Gasteiger partial charge is 0.374 e. The maximum Gasteiger partial charge on any atom is 0.374 e. The molecule has 1 heterocycles. The molecule has 0 fully saturated rings. The van der Waals surface area contributed by atoms with E-state index in [9.17, 15) is 9.90 Å². The Balaban J connectivity index is 2.35. The summed E-state index contributed by atoms with van der Waals surface area (Å²) >= 11 is 1.46. The van der Waals surface area contributed by atoms with Crippen LogP contribution in [-0.4, -0.2) is 12.5 Å². The van der Waals surface area contributed by atoms with Gasteiger partial charge in [-0.05, 0) is 17.5 Å². The van der Waals surface area contributed by atoms with E-state index in [-0.39, 0.29) is 6.54 Å². The lowest BCUT2D eigenvalue weighted by molar-refractivity contribution is -0.140. The summed E-state index contributed by atoms with van der Waals surface area (Å²) in [5, 5.41) is 15.3. The van der Waals surface area contributed by atoms with Crippen molar-refractivity contribution in [1.29, 1.82) is 0 Å². The minimum absolute atomic E-state index is 0.124. The van der Waals surface area contributed by atoms with Gasteiger partial charge in [0.05, 0.1) is 5.00 Å². The third kappa shape index (κ3) is 2.06. The van der Waals surface area contributed by atoms with Gasteiger partial charge in [0.15, 0.2) is 0 Å². The van der Waals surface area contributed by atoms with Gasteiger partial charge < -0.3 is 5.32 Å². The van der Waals surface area contributed by atoms with Crippen LogP contribution in [-0.2, 0) is 9.90 Å². The first-order valence-electron chi connectivity index (χ1n) is 2.76. The molecule has 0 saturated carbocycles. The van der Waals surface area contributed by atoms with Gasteiger partial charge >= 0.3 is 5.97 Å². The fourth-order valence-corrected chi connectivity index (χ4v) is 1.15. The molecule has 10 heavy (non-hydrogen) atoms. The van der Waals surface area contributed by atoms with Crippen molar-refractivity contribution in [1.82, 2.24) is 0 Å². The van der Waals surface area contributed by atoms with E-state index >= 15 is 0 Å². The molecule has 0 atom stereocenters. The Morgan fingerprint density at radius 2 is 2.50 bits per heavy atom. The van der Waals surface area contributed by atoms with E-state index in [1.54, 1.807) is 0 Å². The summed E-state index contributed by atoms with van der Waals surface area (Å²) in [4.78, 5) is 9.93. The summed E-state index contributed by atoms with van der Waals surface area (Å²) < 4.78 is 0. The molecule has 1 aromatic heterocycles. The van der Waals surface area contributed by atoms with Gasteiger partial charge in [-0.1, -0.05) is 0 Å². The van der Waals surface area contributed by atoms with Crippen LogP contribution in [0.15, 0.2) is 17.5 Å². The summed E-state index contributed by atoms with van der Waals surface area (Å²) in [6.45, 7) is -0.124. The Kier molecular flexibility index (Phi) is 2.28. The van der Waals surface area contributed by atoms with E-state index in [4.69, 9.17) is 0 Å². The van der Waals surface area contributed by atoms with E-state index in [0.717, 1.165) is 5.00 Å². The Hall–Kier alpha value is -1.03. The smallest absolute Gasteiger partial charge is 0.366 e. The van der Waals surface area contributed by atoms with Gasteiger partial charge in [0.25, 0.3) is 0 Å². The number of anilines is 1. The predicted molar refractivity (Wildman–Crippen MR) is 38.5 cm³/mol. The normalized spacial score (nSPS) is 9.20. The van der Waals surface area contributed by atoms with Gasteiger partial charge in [-0.25, -0.2) is 9.90 Å². The first-order valence-corrected chi connectivity index (χ1v) is 3.64. The Labute approximate surface area is 62.3 Å². The van der Waals surface area contributed by atoms with Crippen LogP contribution in [0.25, 0.3) is 0 Å². The standard InChI is InChI=1S/C6H6NO2S/c8-6(9)4-7-5-2-1-3-10-5/h1-3,7H,4H2. The fraction of sp³-hybridized carbons (Fsp3) is 0.167. The molecule has 1 N–H and O–H groups in total. The second-order valence-electron chi connectivity index (χ2n) is 1.70. The molecule has 0 unspecified atom stereocenters. The average Bonchev–Trinajstić information content (AvgIpc) is 2.34. The first-order chi connectivity index (χ1) is 4.79. The molecule has 1 rings (SSSR count). The Morgan fingerprint density at radius 1 is 1.70 bits per heavy atom. The van der Waals surface area contributed by atoms with Crippen molar-refractivity contribution in [2.24, 2.45) is 0 Å². The van der Waals surface area contributed by atoms with Crippen LogP contribution < -0.4 is 5.32 Å². The second kappa shape index (κ2) is 3.22. The fourth-order valence-electron chi connectivity index (χ4n) is 0.538. The molecule has 0 aliphatic carbocycles. The van der Waals surface area contributed by atoms with Gasteiger partial charge in [-0.15, -0.1) is 11.3 Å². The van der Waals surface area contributed by atoms with Crippen LogP contribution in [0.1, 0.15) is 0 Å². The SMILES string of the molecule is [O]C(=O)CNc1cccs1. The summed E-state index contributed by atoms with van der Waals surface area (Å²) in [5.74, 6) is -1.09. The highest BCUT2D eigenvalue weighted by atomic mass is 32.1. The first kappa shape index (κ1) is 7.08. The molecule has 0 aliphatic rings. The number of rotatable bonds is 3. The molecule has 0 bridgehead atoms. The van der Waals surface area contributed by atoms with Crippen molar-refractivity contribution in [3.8, 4) is 0 Å². The molecule has 3 nitrogen and oxygen atoms in total. The zero-order chi connectivity index (χ0) is 7.40. The molecule has 53 valence electrons. The molecular weight excluding hydrogens is 150 g/mol. The maximum absolute atomic E-state index is 9.93. The Morgan fingerprint density at radius 3 is 3.00 bits per heavy atom. The number of nitrogens with one attached hydrogen (secondary N) is 1. The summed E-state index contributed by atoms with van der Waals surface area (Å²) in [6, 6.07) is 3.66. The molecule has 1 radical (unpaired) electrons. The molecule has 0 amide bonds. The lowest BCUT2D eigenvalue weighted by Crippen LogP contribution is -2.09. The number of thiophene rings is 1. The molecule has 1 aromatic rings. The van der Waals surface area contributed by atoms with Crippen LogP contribution in [0.4, 0.5) is 5.00 Å². The minimum atomic E-state index is -1.09. The van der Waals surface area contributed by atoms with E-state index in [2.05, 4.69) is 5.32 Å². The lowest BCUT2D eigenvalue weighted by Gasteiger charge is -1.94. The number of hydrogen-bond acceptors (Lipinski definition) is 3. The summed E-state index contributed by atoms with van der Waals surface area (Å²) in [7, 11) is 0. The monoisotopic (exact) mass is 156 g/mol. The van der Waals surface area contributed by atoms with Crippen LogP contribution in [0.3, 0.4) is 0 Å². The number of carbonyl (C=O) groups excluding carboxylic acids is 1. The zero-order valence-corrected chi connectivity index (χ0v) is 5.98. The zero-order valence-electron chi connectivity index (χ0n) is 5.16. The average molecular weight is 156 g/mol. The second-order valence-corrected chi connectivity index (χ2v) is 2.65. The van der Waals surface area contributed by atoms with Crippen molar-refractivity contribution in [3.05, 3.63) is 17.5 Å². The van der Waals surface area contributed by atoms with E-state index in [1.165, 1.54) is 11.3 Å². The lowest BCUT2D eigenvalue weighted by atomic mass is 10.6. The topological polar surface area (TPSA) is 49.0 Å². The minimum Gasteiger partial charge on any atom is -0.366 e. The van der Waals surface area contributed by atoms with Crippen LogP contribution in [0.2, 0.25) is 0 Å². The van der Waals surface area contributed by atoms with E-state index in [1.807, 2.05) is 17.5 Å². The van der Waals surface area contributed by atoms with Gasteiger partial charge in [0.2, 0.25) is 0 Å². The molecular formula is C6H6NO2S. The molecule has 0 aliphatic heterocycles. The summed E-state index contributed by atoms with van der Waals surface area (Å²) in [6.07, 6.45) is 0. The third-order valence-corrected chi connectivity index (χ3v) is 1.76. The maximum atomic E-state index is 9.93. The molecule has 0 spiro atoms. The molecule has 0 saturated heterocycles. The van der Waals surface area contributed by atoms with Gasteiger partial charge in [-0.3, -0.25) is 0 Å². The van der Waals surface area contributed by atoms with Crippen LogP contribution >= 0.6 is 11.3 Å². The highest BCUT2D eigenvalue weighted by Crippen LogP contribution is 2.13. The highest BCUT2D eigenvalue weighted by molar-refractivity contribution is 7.14. The van der Waals surface area contributed by atoms with Gasteiger partial charge in [-0.2, -0.15) is 0 Å². The van der Waals surface area contributed by atoms with Crippen LogP contribution in [0.5, 0.6) is 0 Å². The summed E-state index contributed by atoms with van der Waals surface area (Å²) in [5.41, 5.74) is 0. The van der Waals surface area contributed by atoms with Crippen molar-refractivity contribution in [2.45, 2.75) is 0 Å². The quantitative estimate of drug-likeness (QED) is 0.712. The third-order valence-electron chi connectivity index (χ3n) is 0.928. The van der Waals surface area contributed by atoms with Crippen molar-refractivity contribution in [2.75, 3.05) is 11.9 Å². The van der Waals surface area contributed by atoms with Crippen molar-refractivity contribution in [3.63, 3.8) is 0 Å².